The average molecular weight is 420 g/mol. The maximum absolute atomic E-state index is 12.3. The summed E-state index contributed by atoms with van der Waals surface area (Å²) in [6.07, 6.45) is -5.84. The Kier molecular flexibility index (Phi) is 5.69. The van der Waals surface area contributed by atoms with Crippen LogP contribution in [-0.2, 0) is 16.0 Å². The number of pyridine rings is 1. The predicted molar refractivity (Wildman–Crippen MR) is 70.6 cm³/mol. The van der Waals surface area contributed by atoms with Gasteiger partial charge in [0.05, 0.1) is 18.0 Å². The zero-order chi connectivity index (χ0) is 16.2. The van der Waals surface area contributed by atoms with Gasteiger partial charge in [-0.2, -0.15) is 0 Å². The molecule has 0 radical (unpaired) electrons. The van der Waals surface area contributed by atoms with Crippen LogP contribution in [0.25, 0.3) is 0 Å². The monoisotopic (exact) mass is 420 g/mol. The summed E-state index contributed by atoms with van der Waals surface area (Å²) >= 11 is 1.50. The molecule has 0 aromatic carbocycles. The van der Waals surface area contributed by atoms with Gasteiger partial charge in [0.1, 0.15) is 9.26 Å². The van der Waals surface area contributed by atoms with E-state index in [-0.39, 0.29) is 10.3 Å². The van der Waals surface area contributed by atoms with Crippen molar-refractivity contribution in [2.45, 2.75) is 19.7 Å². The van der Waals surface area contributed by atoms with Gasteiger partial charge in [0.25, 0.3) is 5.69 Å². The molecule has 0 atom stereocenters. The minimum absolute atomic E-state index is 0.0140. The van der Waals surface area contributed by atoms with Crippen molar-refractivity contribution in [3.63, 3.8) is 0 Å². The molecule has 1 aromatic heterocycles. The van der Waals surface area contributed by atoms with Gasteiger partial charge < -0.3 is 9.47 Å². The smallest absolute Gasteiger partial charge is 0.466 e. The van der Waals surface area contributed by atoms with E-state index in [9.17, 15) is 28.1 Å². The lowest BCUT2D eigenvalue weighted by molar-refractivity contribution is -0.386. The Morgan fingerprint density at radius 3 is 2.62 bits per heavy atom. The number of nitro groups is 1. The standard InChI is InChI=1S/C10H8F3IN2O5/c1-2-20-8(17)3-5-6(16(18)19)4-7(14)15-9(5)21-10(11,12)13/h4H,2-3H2,1H3. The molecular formula is C10H8F3IN2O5. The first kappa shape index (κ1) is 17.4. The fourth-order valence-corrected chi connectivity index (χ4v) is 1.90. The fraction of sp³-hybridized carbons (Fsp3) is 0.400. The third-order valence-corrected chi connectivity index (χ3v) is 2.62. The van der Waals surface area contributed by atoms with E-state index in [1.54, 1.807) is 0 Å². The van der Waals surface area contributed by atoms with Crippen LogP contribution in [0.5, 0.6) is 5.88 Å². The third-order valence-electron chi connectivity index (χ3n) is 2.07. The normalized spacial score (nSPS) is 11.1. The molecule has 0 saturated heterocycles. The van der Waals surface area contributed by atoms with Gasteiger partial charge in [-0.1, -0.05) is 0 Å². The van der Waals surface area contributed by atoms with Gasteiger partial charge >= 0.3 is 12.3 Å². The first-order valence-electron chi connectivity index (χ1n) is 5.39. The van der Waals surface area contributed by atoms with E-state index in [1.165, 1.54) is 29.5 Å². The Morgan fingerprint density at radius 2 is 2.14 bits per heavy atom. The average Bonchev–Trinajstić information content (AvgIpc) is 2.30. The Labute approximate surface area is 129 Å². The summed E-state index contributed by atoms with van der Waals surface area (Å²) in [6.45, 7) is 1.48. The number of carbonyl (C=O) groups is 1. The van der Waals surface area contributed by atoms with Gasteiger partial charge in [-0.25, -0.2) is 4.98 Å². The lowest BCUT2D eigenvalue weighted by atomic mass is 10.1. The highest BCUT2D eigenvalue weighted by molar-refractivity contribution is 14.1. The molecule has 7 nitrogen and oxygen atoms in total. The second kappa shape index (κ2) is 6.87. The van der Waals surface area contributed by atoms with Crippen molar-refractivity contribution < 1.29 is 32.4 Å². The highest BCUT2D eigenvalue weighted by Gasteiger charge is 2.35. The van der Waals surface area contributed by atoms with E-state index in [4.69, 9.17) is 0 Å². The van der Waals surface area contributed by atoms with Crippen LogP contribution in [0.1, 0.15) is 12.5 Å². The Balaban J connectivity index is 3.32. The molecule has 0 unspecified atom stereocenters. The number of hydrogen-bond acceptors (Lipinski definition) is 6. The van der Waals surface area contributed by atoms with Crippen molar-refractivity contribution in [3.8, 4) is 5.88 Å². The van der Waals surface area contributed by atoms with Gasteiger partial charge in [0.15, 0.2) is 0 Å². The zero-order valence-electron chi connectivity index (χ0n) is 10.4. The second-order valence-corrected chi connectivity index (χ2v) is 4.64. The number of rotatable bonds is 5. The summed E-state index contributed by atoms with van der Waals surface area (Å²) in [4.78, 5) is 24.8. The van der Waals surface area contributed by atoms with Crippen molar-refractivity contribution in [1.29, 1.82) is 0 Å². The van der Waals surface area contributed by atoms with Gasteiger partial charge in [-0.3, -0.25) is 14.9 Å². The lowest BCUT2D eigenvalue weighted by Gasteiger charge is -2.12. The van der Waals surface area contributed by atoms with Crippen LogP contribution in [-0.4, -0.2) is 28.8 Å². The van der Waals surface area contributed by atoms with Gasteiger partial charge in [0.2, 0.25) is 5.88 Å². The quantitative estimate of drug-likeness (QED) is 0.239. The van der Waals surface area contributed by atoms with E-state index >= 15 is 0 Å². The number of halogens is 4. The van der Waals surface area contributed by atoms with E-state index in [0.717, 1.165) is 6.07 Å². The molecule has 0 aliphatic heterocycles. The molecule has 1 heterocycles. The van der Waals surface area contributed by atoms with Gasteiger partial charge in [-0.05, 0) is 29.5 Å². The molecule has 21 heavy (non-hydrogen) atoms. The fourth-order valence-electron chi connectivity index (χ4n) is 1.39. The highest BCUT2D eigenvalue weighted by Crippen LogP contribution is 2.32. The first-order valence-corrected chi connectivity index (χ1v) is 6.47. The minimum atomic E-state index is -5.09. The maximum Gasteiger partial charge on any atom is 0.574 e. The van der Waals surface area contributed by atoms with Gasteiger partial charge in [0, 0.05) is 6.07 Å². The van der Waals surface area contributed by atoms with Gasteiger partial charge in [-0.15, -0.1) is 13.2 Å². The molecule has 116 valence electrons. The molecule has 0 aliphatic rings. The molecule has 0 saturated carbocycles. The molecule has 0 fully saturated rings. The summed E-state index contributed by atoms with van der Waals surface area (Å²) in [5.74, 6) is -1.95. The van der Waals surface area contributed by atoms with E-state index < -0.39 is 40.8 Å². The minimum Gasteiger partial charge on any atom is -0.466 e. The van der Waals surface area contributed by atoms with Crippen molar-refractivity contribution in [2.75, 3.05) is 6.61 Å². The molecule has 0 amide bonds. The molecular weight excluding hydrogens is 412 g/mol. The zero-order valence-corrected chi connectivity index (χ0v) is 12.6. The molecule has 0 spiro atoms. The SMILES string of the molecule is CCOC(=O)Cc1c([N+](=O)[O-])cc(I)nc1OC(F)(F)F. The highest BCUT2D eigenvalue weighted by atomic mass is 127. The van der Waals surface area contributed by atoms with Crippen molar-refractivity contribution in [3.05, 3.63) is 25.4 Å². The largest absolute Gasteiger partial charge is 0.574 e. The number of alkyl halides is 3. The van der Waals surface area contributed by atoms with Crippen LogP contribution in [0.4, 0.5) is 18.9 Å². The molecule has 1 aromatic rings. The van der Waals surface area contributed by atoms with Crippen molar-refractivity contribution >= 4 is 34.2 Å². The lowest BCUT2D eigenvalue weighted by Crippen LogP contribution is -2.21. The van der Waals surface area contributed by atoms with Crippen LogP contribution in [0.3, 0.4) is 0 Å². The summed E-state index contributed by atoms with van der Waals surface area (Å²) < 4.78 is 45.1. The Bertz CT molecular complexity index is 564. The van der Waals surface area contributed by atoms with Crippen LogP contribution in [0.2, 0.25) is 0 Å². The molecule has 0 N–H and O–H groups in total. The number of nitrogens with zero attached hydrogens (tertiary/aromatic N) is 2. The maximum atomic E-state index is 12.3. The first-order chi connectivity index (χ1) is 9.64. The van der Waals surface area contributed by atoms with E-state index in [2.05, 4.69) is 14.5 Å². The summed E-state index contributed by atoms with van der Waals surface area (Å²) in [5, 5.41) is 10.9. The molecule has 1 rings (SSSR count). The summed E-state index contributed by atoms with van der Waals surface area (Å²) in [5.41, 5.74) is -1.28. The molecule has 11 heteroatoms. The second-order valence-electron chi connectivity index (χ2n) is 3.53. The van der Waals surface area contributed by atoms with Crippen LogP contribution < -0.4 is 4.74 Å². The van der Waals surface area contributed by atoms with Crippen LogP contribution in [0.15, 0.2) is 6.07 Å². The van der Waals surface area contributed by atoms with Crippen LogP contribution >= 0.6 is 22.6 Å². The molecule has 0 bridgehead atoms. The number of hydrogen-bond donors (Lipinski definition) is 0. The summed E-state index contributed by atoms with van der Waals surface area (Å²) in [6, 6.07) is 0.943. The van der Waals surface area contributed by atoms with Crippen LogP contribution in [0, 0.1) is 13.8 Å². The molecule has 0 aliphatic carbocycles. The van der Waals surface area contributed by atoms with E-state index in [1.807, 2.05) is 0 Å². The Morgan fingerprint density at radius 1 is 1.52 bits per heavy atom. The van der Waals surface area contributed by atoms with Crippen molar-refractivity contribution in [2.24, 2.45) is 0 Å². The third kappa shape index (κ3) is 5.32. The number of carbonyl (C=O) groups excluding carboxylic acids is 1. The number of ether oxygens (including phenoxy) is 2. The topological polar surface area (TPSA) is 91.6 Å². The predicted octanol–water partition coefficient (Wildman–Crippen LogP) is 2.60. The number of esters is 1. The Hall–Kier alpha value is -1.66. The number of aromatic nitrogens is 1. The van der Waals surface area contributed by atoms with E-state index in [0.29, 0.717) is 0 Å². The van der Waals surface area contributed by atoms with Crippen molar-refractivity contribution in [1.82, 2.24) is 4.98 Å². The summed E-state index contributed by atoms with van der Waals surface area (Å²) in [7, 11) is 0.